The van der Waals surface area contributed by atoms with Gasteiger partial charge >= 0.3 is 4.06 Å². The van der Waals surface area contributed by atoms with Crippen molar-refractivity contribution in [1.29, 1.82) is 0 Å². The van der Waals surface area contributed by atoms with Crippen LogP contribution in [-0.2, 0) is 0 Å². The molecule has 0 atom stereocenters. The van der Waals surface area contributed by atoms with Crippen molar-refractivity contribution in [3.05, 3.63) is 35.9 Å². The topological polar surface area (TPSA) is 6.25 Å². The highest BCUT2D eigenvalue weighted by atomic mass is 79.9. The van der Waals surface area contributed by atoms with Crippen molar-refractivity contribution in [3.63, 3.8) is 0 Å². The predicted octanol–water partition coefficient (Wildman–Crippen LogP) is 4.66. The summed E-state index contributed by atoms with van der Waals surface area (Å²) in [6, 6.07) is 10.8. The summed E-state index contributed by atoms with van der Waals surface area (Å²) in [7, 11) is -2.93. The highest BCUT2D eigenvalue weighted by Crippen LogP contribution is 2.42. The fourth-order valence-corrected chi connectivity index (χ4v) is 15.1. The molecule has 1 aliphatic rings. The molecule has 110 valence electrons. The van der Waals surface area contributed by atoms with E-state index in [2.05, 4.69) is 110 Å². The van der Waals surface area contributed by atoms with Crippen molar-refractivity contribution >= 4 is 57.9 Å². The van der Waals surface area contributed by atoms with Crippen LogP contribution in [0, 0.1) is 0 Å². The Morgan fingerprint density at radius 2 is 1.45 bits per heavy atom. The van der Waals surface area contributed by atoms with Gasteiger partial charge in [0.1, 0.15) is 0 Å². The molecule has 1 heterocycles. The minimum Gasteiger partial charge on any atom is -0.455 e. The molecule has 0 aromatic heterocycles. The van der Waals surface area contributed by atoms with Crippen LogP contribution in [0.25, 0.3) is 0 Å². The summed E-state index contributed by atoms with van der Waals surface area (Å²) < 4.78 is 4.27. The van der Waals surface area contributed by atoms with E-state index < -0.39 is 20.5 Å². The molecule has 0 saturated heterocycles. The largest absolute Gasteiger partial charge is 0.469 e. The van der Waals surface area contributed by atoms with Crippen LogP contribution >= 0.6 is 31.5 Å². The Hall–Kier alpha value is 0.149. The zero-order valence-electron chi connectivity index (χ0n) is 13.1. The number of amidine groups is 1. The first-order valence-corrected chi connectivity index (χ1v) is 15.7. The maximum absolute atomic E-state index is 3.99. The zero-order chi connectivity index (χ0) is 15.3. The maximum Gasteiger partial charge on any atom is 0.469 e. The minimum atomic E-state index is -1.46. The summed E-state index contributed by atoms with van der Waals surface area (Å²) in [6.07, 6.45) is 0. The van der Waals surface area contributed by atoms with E-state index in [0.717, 1.165) is 0 Å². The summed E-state index contributed by atoms with van der Waals surface area (Å²) in [5.74, 6) is 1.40. The molecule has 1 aromatic carbocycles. The lowest BCUT2D eigenvalue weighted by atomic mass is 10.0. The normalized spacial score (nSPS) is 19.1. The molecule has 0 unspecified atom stereocenters. The first kappa shape index (κ1) is 16.5. The average Bonchev–Trinajstić information content (AvgIpc) is 2.23. The first-order chi connectivity index (χ1) is 8.97. The summed E-state index contributed by atoms with van der Waals surface area (Å²) in [6.45, 7) is 14.4. The number of benzene rings is 1. The number of hydrogen-bond acceptors (Lipinski definition) is 1. The number of halogens is 2. The van der Waals surface area contributed by atoms with Crippen molar-refractivity contribution < 1.29 is 4.15 Å². The summed E-state index contributed by atoms with van der Waals surface area (Å²) in [4.78, 5) is 0. The van der Waals surface area contributed by atoms with Crippen LogP contribution in [0.3, 0.4) is 0 Å². The van der Waals surface area contributed by atoms with Crippen molar-refractivity contribution in [1.82, 2.24) is 4.48 Å². The quantitative estimate of drug-likeness (QED) is 0.628. The zero-order valence-corrected chi connectivity index (χ0v) is 18.3. The lowest BCUT2D eigenvalue weighted by Crippen LogP contribution is -2.80. The standard InChI is InChI=1S/C13H23BBr2N2Si2/c1-19(2,3)17-13(12-10-8-7-9-11-12)18(14(17,15)16)20(4,5)6/h7-11H,1-6H3. The molecular formula is C13H23BBr2N2Si2. The highest BCUT2D eigenvalue weighted by molar-refractivity contribution is 9.50. The molecule has 7 heteroatoms. The van der Waals surface area contributed by atoms with E-state index in [4.69, 9.17) is 0 Å². The monoisotopic (exact) mass is 432 g/mol. The third kappa shape index (κ3) is 2.74. The Kier molecular flexibility index (Phi) is 4.22. The van der Waals surface area contributed by atoms with Crippen molar-refractivity contribution in [3.8, 4) is 0 Å². The molecule has 2 rings (SSSR count). The van der Waals surface area contributed by atoms with E-state index in [1.807, 2.05) is 0 Å². The summed E-state index contributed by atoms with van der Waals surface area (Å²) in [5.41, 5.74) is 1.33. The second-order valence-corrected chi connectivity index (χ2v) is 20.8. The van der Waals surface area contributed by atoms with Crippen molar-refractivity contribution in [2.75, 3.05) is 0 Å². The Morgan fingerprint density at radius 1 is 0.950 bits per heavy atom. The van der Waals surface area contributed by atoms with E-state index in [-0.39, 0.29) is 0 Å². The highest BCUT2D eigenvalue weighted by Gasteiger charge is 2.59. The van der Waals surface area contributed by atoms with Gasteiger partial charge in [0.15, 0.2) is 5.84 Å². The first-order valence-electron chi connectivity index (χ1n) is 7.01. The summed E-state index contributed by atoms with van der Waals surface area (Å²) in [5, 5.41) is 0. The minimum absolute atomic E-state index is 0.954. The van der Waals surface area contributed by atoms with E-state index in [9.17, 15) is 0 Å². The molecule has 1 aromatic rings. The molecule has 0 amide bonds. The van der Waals surface area contributed by atoms with Gasteiger partial charge in [-0.25, -0.2) is 31.5 Å². The van der Waals surface area contributed by atoms with E-state index in [0.29, 0.717) is 0 Å². The Bertz CT molecular complexity index is 548. The van der Waals surface area contributed by atoms with Gasteiger partial charge < -0.3 is 8.63 Å². The average molecular weight is 434 g/mol. The number of rotatable bonds is 3. The third-order valence-corrected chi connectivity index (χ3v) is 10.8. The fraction of sp³-hybridized carbons (Fsp3) is 0.462. The van der Waals surface area contributed by atoms with Gasteiger partial charge in [-0.2, -0.15) is 0 Å². The van der Waals surface area contributed by atoms with Gasteiger partial charge in [0.2, 0.25) is 16.5 Å². The van der Waals surface area contributed by atoms with E-state index in [1.54, 1.807) is 0 Å². The van der Waals surface area contributed by atoms with Crippen LogP contribution in [0.15, 0.2) is 30.3 Å². The van der Waals surface area contributed by atoms with Gasteiger partial charge in [0.25, 0.3) is 0 Å². The van der Waals surface area contributed by atoms with Crippen LogP contribution in [0.5, 0.6) is 0 Å². The second kappa shape index (κ2) is 5.11. The lowest BCUT2D eigenvalue weighted by molar-refractivity contribution is -0.274. The molecular weight excluding hydrogens is 411 g/mol. The Labute approximate surface area is 141 Å². The van der Waals surface area contributed by atoms with Gasteiger partial charge in [-0.3, -0.25) is 0 Å². The number of hydrogen-bond donors (Lipinski definition) is 0. The molecule has 0 saturated carbocycles. The molecule has 0 spiro atoms. The van der Waals surface area contributed by atoms with Gasteiger partial charge in [0.05, 0.1) is 5.56 Å². The predicted molar refractivity (Wildman–Crippen MR) is 103 cm³/mol. The van der Waals surface area contributed by atoms with Crippen molar-refractivity contribution in [2.45, 2.75) is 39.3 Å². The van der Waals surface area contributed by atoms with Crippen LogP contribution in [0.2, 0.25) is 39.3 Å². The molecule has 20 heavy (non-hydrogen) atoms. The molecule has 0 bridgehead atoms. The molecule has 0 aliphatic carbocycles. The fourth-order valence-electron chi connectivity index (χ4n) is 2.90. The molecule has 2 nitrogen and oxygen atoms in total. The van der Waals surface area contributed by atoms with Gasteiger partial charge in [-0.15, -0.1) is 0 Å². The SMILES string of the molecule is C[Si](C)(C)N1C(c2ccccc2)=[N+]([Si](C)(C)C)[B-]1(Br)Br. The Balaban J connectivity index is 2.67. The van der Waals surface area contributed by atoms with Crippen LogP contribution in [-0.4, -0.2) is 35.0 Å². The maximum atomic E-state index is 3.99. The van der Waals surface area contributed by atoms with Gasteiger partial charge in [-0.05, 0) is 51.4 Å². The smallest absolute Gasteiger partial charge is 0.455 e. The lowest BCUT2D eigenvalue weighted by Gasteiger charge is -2.60. The van der Waals surface area contributed by atoms with Crippen LogP contribution in [0.4, 0.5) is 0 Å². The third-order valence-electron chi connectivity index (χ3n) is 3.56. The number of nitrogens with zero attached hydrogens (tertiary/aromatic N) is 2. The molecule has 0 N–H and O–H groups in total. The van der Waals surface area contributed by atoms with E-state index >= 15 is 0 Å². The molecule has 1 aliphatic heterocycles. The second-order valence-electron chi connectivity index (χ2n) is 7.36. The molecule has 0 radical (unpaired) electrons. The molecule has 0 fully saturated rings. The Morgan fingerprint density at radius 3 is 1.85 bits per heavy atom. The van der Waals surface area contributed by atoms with Gasteiger partial charge in [0, 0.05) is 0 Å². The van der Waals surface area contributed by atoms with E-state index in [1.165, 1.54) is 11.4 Å². The van der Waals surface area contributed by atoms with Crippen LogP contribution < -0.4 is 0 Å². The van der Waals surface area contributed by atoms with Gasteiger partial charge in [-0.1, -0.05) is 18.2 Å². The van der Waals surface area contributed by atoms with Crippen molar-refractivity contribution in [2.24, 2.45) is 0 Å². The summed E-state index contributed by atoms with van der Waals surface area (Å²) >= 11 is 7.97. The van der Waals surface area contributed by atoms with Crippen LogP contribution in [0.1, 0.15) is 5.56 Å².